The fourth-order valence-corrected chi connectivity index (χ4v) is 4.45. The summed E-state index contributed by atoms with van der Waals surface area (Å²) in [6, 6.07) is 0. The first-order valence-electron chi connectivity index (χ1n) is 6.91. The number of ether oxygens (including phenoxy) is 1. The van der Waals surface area contributed by atoms with Gasteiger partial charge in [0.25, 0.3) is 0 Å². The summed E-state index contributed by atoms with van der Waals surface area (Å²) < 4.78 is 5.68. The smallest absolute Gasteiger partial charge is 0.309 e. The normalized spacial score (nSPS) is 49.5. The van der Waals surface area contributed by atoms with Crippen molar-refractivity contribution in [1.82, 2.24) is 0 Å². The topological polar surface area (TPSA) is 26.3 Å². The summed E-state index contributed by atoms with van der Waals surface area (Å²) in [7, 11) is 0. The molecule has 0 radical (unpaired) electrons. The van der Waals surface area contributed by atoms with Crippen LogP contribution in [-0.2, 0) is 9.53 Å². The molecule has 0 aromatic carbocycles. The highest BCUT2D eigenvalue weighted by Gasteiger charge is 2.55. The number of rotatable bonds is 0. The van der Waals surface area contributed by atoms with Crippen molar-refractivity contribution in [3.8, 4) is 0 Å². The Morgan fingerprint density at radius 3 is 2.94 bits per heavy atom. The first-order valence-corrected chi connectivity index (χ1v) is 6.91. The van der Waals surface area contributed by atoms with Crippen LogP contribution in [0.1, 0.15) is 46.0 Å². The van der Waals surface area contributed by atoms with Crippen LogP contribution in [0, 0.1) is 23.2 Å². The second-order valence-corrected chi connectivity index (χ2v) is 6.54. The van der Waals surface area contributed by atoms with Crippen LogP contribution in [0.3, 0.4) is 0 Å². The van der Waals surface area contributed by atoms with Gasteiger partial charge in [-0.1, -0.05) is 26.0 Å². The van der Waals surface area contributed by atoms with Gasteiger partial charge in [-0.25, -0.2) is 0 Å². The minimum absolute atomic E-state index is 0.0163. The van der Waals surface area contributed by atoms with E-state index in [2.05, 4.69) is 13.5 Å². The van der Waals surface area contributed by atoms with Gasteiger partial charge < -0.3 is 4.74 Å². The predicted molar refractivity (Wildman–Crippen MR) is 66.4 cm³/mol. The summed E-state index contributed by atoms with van der Waals surface area (Å²) in [6.07, 6.45) is 6.16. The van der Waals surface area contributed by atoms with Crippen LogP contribution in [0.4, 0.5) is 0 Å². The Labute approximate surface area is 103 Å². The summed E-state index contributed by atoms with van der Waals surface area (Å²) in [4.78, 5) is 11.8. The second-order valence-electron chi connectivity index (χ2n) is 6.54. The van der Waals surface area contributed by atoms with Crippen LogP contribution in [0.5, 0.6) is 0 Å². The fraction of sp³-hybridized carbons (Fsp3) is 0.800. The molecule has 5 atom stereocenters. The average molecular weight is 234 g/mol. The predicted octanol–water partition coefficient (Wildman–Crippen LogP) is 3.32. The van der Waals surface area contributed by atoms with Crippen molar-refractivity contribution in [3.63, 3.8) is 0 Å². The maximum absolute atomic E-state index is 11.8. The Balaban J connectivity index is 1.95. The minimum Gasteiger partial charge on any atom is -0.461 e. The maximum Gasteiger partial charge on any atom is 0.309 e. The van der Waals surface area contributed by atoms with Crippen LogP contribution >= 0.6 is 0 Å². The van der Waals surface area contributed by atoms with Crippen molar-refractivity contribution in [2.45, 2.75) is 52.1 Å². The lowest BCUT2D eigenvalue weighted by molar-refractivity contribution is -0.148. The lowest BCUT2D eigenvalue weighted by Crippen LogP contribution is -2.47. The number of carbonyl (C=O) groups is 1. The molecule has 2 heteroatoms. The minimum atomic E-state index is 0.0163. The van der Waals surface area contributed by atoms with E-state index in [9.17, 15) is 4.79 Å². The number of esters is 1. The summed E-state index contributed by atoms with van der Waals surface area (Å²) in [6.45, 7) is 8.66. The summed E-state index contributed by atoms with van der Waals surface area (Å²) in [5.41, 5.74) is 1.66. The van der Waals surface area contributed by atoms with Crippen LogP contribution in [0.15, 0.2) is 12.2 Å². The van der Waals surface area contributed by atoms with E-state index in [4.69, 9.17) is 4.74 Å². The Kier molecular flexibility index (Phi) is 2.39. The van der Waals surface area contributed by atoms with Gasteiger partial charge in [-0.3, -0.25) is 4.79 Å². The standard InChI is InChI=1S/C15H22O2/c1-9-5-4-7-15(3)8-6-11-10(2)14(16)17-13(11)12(9)15/h10-13H,1,4-8H2,2-3H3. The molecule has 0 spiro atoms. The van der Waals surface area contributed by atoms with E-state index in [1.54, 1.807) is 0 Å². The van der Waals surface area contributed by atoms with Gasteiger partial charge in [-0.2, -0.15) is 0 Å². The Bertz CT molecular complexity index is 373. The van der Waals surface area contributed by atoms with E-state index in [-0.39, 0.29) is 18.0 Å². The van der Waals surface area contributed by atoms with E-state index in [0.29, 0.717) is 17.3 Å². The first kappa shape index (κ1) is 11.3. The molecule has 17 heavy (non-hydrogen) atoms. The lowest BCUT2D eigenvalue weighted by atomic mass is 9.55. The Morgan fingerprint density at radius 1 is 1.41 bits per heavy atom. The molecule has 94 valence electrons. The molecule has 5 unspecified atom stereocenters. The molecule has 3 fully saturated rings. The van der Waals surface area contributed by atoms with Crippen molar-refractivity contribution in [2.24, 2.45) is 23.2 Å². The van der Waals surface area contributed by atoms with E-state index < -0.39 is 0 Å². The highest BCUT2D eigenvalue weighted by Crippen LogP contribution is 2.57. The quantitative estimate of drug-likeness (QED) is 0.475. The molecule has 1 aliphatic heterocycles. The van der Waals surface area contributed by atoms with E-state index >= 15 is 0 Å². The van der Waals surface area contributed by atoms with Gasteiger partial charge in [0.2, 0.25) is 0 Å². The maximum atomic E-state index is 11.8. The zero-order valence-corrected chi connectivity index (χ0v) is 10.9. The number of carbonyl (C=O) groups excluding carboxylic acids is 1. The first-order chi connectivity index (χ1) is 8.03. The van der Waals surface area contributed by atoms with Gasteiger partial charge in [0, 0.05) is 11.8 Å². The molecule has 1 heterocycles. The lowest BCUT2D eigenvalue weighted by Gasteiger charge is -2.50. The van der Waals surface area contributed by atoms with Gasteiger partial charge in [0.1, 0.15) is 6.10 Å². The number of hydrogen-bond acceptors (Lipinski definition) is 2. The zero-order chi connectivity index (χ0) is 12.2. The van der Waals surface area contributed by atoms with E-state index in [1.165, 1.54) is 24.8 Å². The number of hydrogen-bond donors (Lipinski definition) is 0. The Hall–Kier alpha value is -0.790. The van der Waals surface area contributed by atoms with Crippen molar-refractivity contribution < 1.29 is 9.53 Å². The third-order valence-electron chi connectivity index (χ3n) is 5.50. The van der Waals surface area contributed by atoms with Crippen molar-refractivity contribution in [2.75, 3.05) is 0 Å². The van der Waals surface area contributed by atoms with Gasteiger partial charge >= 0.3 is 5.97 Å². The molecule has 3 aliphatic rings. The highest BCUT2D eigenvalue weighted by atomic mass is 16.6. The summed E-state index contributed by atoms with van der Waals surface area (Å²) in [5, 5.41) is 0. The van der Waals surface area contributed by atoms with Crippen LogP contribution in [0.25, 0.3) is 0 Å². The average Bonchev–Trinajstić information content (AvgIpc) is 2.54. The number of fused-ring (bicyclic) bond motifs is 3. The van der Waals surface area contributed by atoms with Crippen LogP contribution in [-0.4, -0.2) is 12.1 Å². The SMILES string of the molecule is C=C1CCCC2(C)CCC3C(C)C(=O)OC3C12. The third kappa shape index (κ3) is 1.49. The van der Waals surface area contributed by atoms with Crippen LogP contribution < -0.4 is 0 Å². The molecule has 2 nitrogen and oxygen atoms in total. The van der Waals surface area contributed by atoms with Gasteiger partial charge in [0.15, 0.2) is 0 Å². The fourth-order valence-electron chi connectivity index (χ4n) is 4.45. The van der Waals surface area contributed by atoms with Gasteiger partial charge in [-0.15, -0.1) is 0 Å². The Morgan fingerprint density at radius 2 is 2.18 bits per heavy atom. The molecule has 2 aliphatic carbocycles. The van der Waals surface area contributed by atoms with Gasteiger partial charge in [-0.05, 0) is 37.5 Å². The third-order valence-corrected chi connectivity index (χ3v) is 5.50. The molecule has 2 saturated carbocycles. The highest BCUT2D eigenvalue weighted by molar-refractivity contribution is 5.75. The summed E-state index contributed by atoms with van der Waals surface area (Å²) in [5.74, 6) is 0.973. The molecular weight excluding hydrogens is 212 g/mol. The molecule has 0 aromatic heterocycles. The zero-order valence-electron chi connectivity index (χ0n) is 10.9. The van der Waals surface area contributed by atoms with Crippen molar-refractivity contribution in [1.29, 1.82) is 0 Å². The summed E-state index contributed by atoms with van der Waals surface area (Å²) >= 11 is 0. The van der Waals surface area contributed by atoms with E-state index in [1.807, 2.05) is 6.92 Å². The molecule has 0 aromatic rings. The van der Waals surface area contributed by atoms with E-state index in [0.717, 1.165) is 12.8 Å². The molecule has 0 N–H and O–H groups in total. The molecule has 0 amide bonds. The molecule has 0 bridgehead atoms. The molecule has 3 rings (SSSR count). The van der Waals surface area contributed by atoms with Crippen molar-refractivity contribution in [3.05, 3.63) is 12.2 Å². The monoisotopic (exact) mass is 234 g/mol. The largest absolute Gasteiger partial charge is 0.461 e. The molecular formula is C15H22O2. The van der Waals surface area contributed by atoms with Crippen LogP contribution in [0.2, 0.25) is 0 Å². The second kappa shape index (κ2) is 3.60. The van der Waals surface area contributed by atoms with Crippen molar-refractivity contribution >= 4 is 5.97 Å². The molecule has 1 saturated heterocycles. The van der Waals surface area contributed by atoms with Gasteiger partial charge in [0.05, 0.1) is 5.92 Å².